The fourth-order valence-corrected chi connectivity index (χ4v) is 2.74. The Morgan fingerprint density at radius 2 is 2.00 bits per heavy atom. The third kappa shape index (κ3) is 2.30. The van der Waals surface area contributed by atoms with Crippen LogP contribution >= 0.6 is 23.2 Å². The highest BCUT2D eigenvalue weighted by molar-refractivity contribution is 6.32. The van der Waals surface area contributed by atoms with E-state index in [2.05, 4.69) is 0 Å². The van der Waals surface area contributed by atoms with E-state index in [1.165, 1.54) is 0 Å². The molecule has 1 aliphatic rings. The van der Waals surface area contributed by atoms with Gasteiger partial charge in [0.1, 0.15) is 5.75 Å². The zero-order valence-corrected chi connectivity index (χ0v) is 12.4. The lowest BCUT2D eigenvalue weighted by Gasteiger charge is -2.09. The first-order valence-corrected chi connectivity index (χ1v) is 7.08. The Bertz CT molecular complexity index is 708. The van der Waals surface area contributed by atoms with Crippen molar-refractivity contribution in [2.24, 2.45) is 0 Å². The summed E-state index contributed by atoms with van der Waals surface area (Å²) in [6.45, 7) is 2.47. The highest BCUT2D eigenvalue weighted by atomic mass is 35.5. The summed E-state index contributed by atoms with van der Waals surface area (Å²) in [5.74, 6) is 0.567. The average molecular weight is 307 g/mol. The molecule has 0 radical (unpaired) electrons. The van der Waals surface area contributed by atoms with Gasteiger partial charge in [0.25, 0.3) is 0 Å². The van der Waals surface area contributed by atoms with E-state index < -0.39 is 0 Å². The number of ketones is 1. The molecule has 0 N–H and O–H groups in total. The maximum absolute atomic E-state index is 12.6. The van der Waals surface area contributed by atoms with Gasteiger partial charge in [0.2, 0.25) is 0 Å². The summed E-state index contributed by atoms with van der Waals surface area (Å²) in [5, 5.41) is 1.21. The highest BCUT2D eigenvalue weighted by Crippen LogP contribution is 2.34. The van der Waals surface area contributed by atoms with Crippen LogP contribution in [0.5, 0.6) is 5.75 Å². The lowest BCUT2D eigenvalue weighted by atomic mass is 9.98. The van der Waals surface area contributed by atoms with Crippen LogP contribution in [0.3, 0.4) is 0 Å². The van der Waals surface area contributed by atoms with Gasteiger partial charge in [-0.15, -0.1) is 0 Å². The molecule has 0 saturated heterocycles. The molecule has 102 valence electrons. The molecular weight excluding hydrogens is 295 g/mol. The largest absolute Gasteiger partial charge is 0.492 e. The third-order valence-corrected chi connectivity index (χ3v) is 4.06. The lowest BCUT2D eigenvalue weighted by molar-refractivity contribution is 0.103. The molecular formula is C16H12Cl2O2. The molecule has 1 heterocycles. The van der Waals surface area contributed by atoms with Crippen LogP contribution in [0.2, 0.25) is 10.0 Å². The van der Waals surface area contributed by atoms with Crippen LogP contribution in [-0.2, 0) is 6.42 Å². The van der Waals surface area contributed by atoms with Crippen molar-refractivity contribution in [3.63, 3.8) is 0 Å². The van der Waals surface area contributed by atoms with E-state index in [1.807, 2.05) is 13.0 Å². The molecule has 0 spiro atoms. The third-order valence-electron chi connectivity index (χ3n) is 3.41. The standard InChI is InChI=1S/C16H12Cl2O2/c1-9-6-10(2-3-14(9)18)15(19)13-8-12(17)7-11-4-5-20-16(11)13/h2-3,6-8H,4-5H2,1H3. The summed E-state index contributed by atoms with van der Waals surface area (Å²) in [7, 11) is 0. The number of carbonyl (C=O) groups is 1. The van der Waals surface area contributed by atoms with Crippen LogP contribution in [-0.4, -0.2) is 12.4 Å². The number of hydrogen-bond donors (Lipinski definition) is 0. The van der Waals surface area contributed by atoms with Crippen LogP contribution in [0.1, 0.15) is 27.0 Å². The van der Waals surface area contributed by atoms with Crippen molar-refractivity contribution >= 4 is 29.0 Å². The maximum atomic E-state index is 12.6. The Morgan fingerprint density at radius 3 is 2.75 bits per heavy atom. The molecule has 20 heavy (non-hydrogen) atoms. The Kier molecular flexibility index (Phi) is 3.45. The van der Waals surface area contributed by atoms with E-state index in [-0.39, 0.29) is 5.78 Å². The predicted molar refractivity (Wildman–Crippen MR) is 80.3 cm³/mol. The summed E-state index contributed by atoms with van der Waals surface area (Å²) in [6.07, 6.45) is 0.788. The van der Waals surface area contributed by atoms with E-state index in [0.29, 0.717) is 33.5 Å². The second-order valence-corrected chi connectivity index (χ2v) is 5.68. The van der Waals surface area contributed by atoms with Gasteiger partial charge in [-0.2, -0.15) is 0 Å². The van der Waals surface area contributed by atoms with Gasteiger partial charge < -0.3 is 4.74 Å². The molecule has 2 nitrogen and oxygen atoms in total. The molecule has 0 aliphatic carbocycles. The van der Waals surface area contributed by atoms with E-state index in [1.54, 1.807) is 24.3 Å². The average Bonchev–Trinajstić information content (AvgIpc) is 2.88. The summed E-state index contributed by atoms with van der Waals surface area (Å²) in [4.78, 5) is 12.6. The lowest BCUT2D eigenvalue weighted by Crippen LogP contribution is -2.04. The number of hydrogen-bond acceptors (Lipinski definition) is 2. The summed E-state index contributed by atoms with van der Waals surface area (Å²) < 4.78 is 5.58. The van der Waals surface area contributed by atoms with Gasteiger partial charge in [-0.25, -0.2) is 0 Å². The zero-order chi connectivity index (χ0) is 14.3. The van der Waals surface area contributed by atoms with Gasteiger partial charge in [-0.05, 0) is 48.4 Å². The fourth-order valence-electron chi connectivity index (χ4n) is 2.38. The molecule has 0 atom stereocenters. The number of carbonyl (C=O) groups excluding carboxylic acids is 1. The van der Waals surface area contributed by atoms with Crippen LogP contribution < -0.4 is 4.74 Å². The molecule has 3 rings (SSSR count). The number of ether oxygens (including phenoxy) is 1. The molecule has 2 aromatic rings. The molecule has 1 aliphatic heterocycles. The van der Waals surface area contributed by atoms with Crippen LogP contribution in [0.15, 0.2) is 30.3 Å². The van der Waals surface area contributed by atoms with Crippen molar-refractivity contribution in [3.05, 3.63) is 62.6 Å². The summed E-state index contributed by atoms with van der Waals surface area (Å²) >= 11 is 12.1. The summed E-state index contributed by atoms with van der Waals surface area (Å²) in [6, 6.07) is 8.76. The van der Waals surface area contributed by atoms with Gasteiger partial charge in [-0.3, -0.25) is 4.79 Å². The molecule has 0 amide bonds. The van der Waals surface area contributed by atoms with Gasteiger partial charge in [0, 0.05) is 22.0 Å². The van der Waals surface area contributed by atoms with Crippen LogP contribution in [0.25, 0.3) is 0 Å². The summed E-state index contributed by atoms with van der Waals surface area (Å²) in [5.41, 5.74) is 2.97. The molecule has 4 heteroatoms. The minimum atomic E-state index is -0.0922. The number of halogens is 2. The first-order valence-electron chi connectivity index (χ1n) is 6.32. The van der Waals surface area contributed by atoms with Crippen molar-refractivity contribution in [2.75, 3.05) is 6.61 Å². The monoisotopic (exact) mass is 306 g/mol. The second kappa shape index (κ2) is 5.12. The fraction of sp³-hybridized carbons (Fsp3) is 0.188. The SMILES string of the molecule is Cc1cc(C(=O)c2cc(Cl)cc3c2OCC3)ccc1Cl. The second-order valence-electron chi connectivity index (χ2n) is 4.83. The molecule has 0 saturated carbocycles. The topological polar surface area (TPSA) is 26.3 Å². The van der Waals surface area contributed by atoms with Crippen LogP contribution in [0.4, 0.5) is 0 Å². The predicted octanol–water partition coefficient (Wildman–Crippen LogP) is 4.47. The molecule has 0 aromatic heterocycles. The van der Waals surface area contributed by atoms with Crippen molar-refractivity contribution in [3.8, 4) is 5.75 Å². The van der Waals surface area contributed by atoms with Crippen LogP contribution in [0, 0.1) is 6.92 Å². The first-order chi connectivity index (χ1) is 9.56. The molecule has 0 fully saturated rings. The van der Waals surface area contributed by atoms with E-state index in [9.17, 15) is 4.79 Å². The number of benzene rings is 2. The zero-order valence-electron chi connectivity index (χ0n) is 10.9. The van der Waals surface area contributed by atoms with Crippen molar-refractivity contribution in [1.82, 2.24) is 0 Å². The molecule has 2 aromatic carbocycles. The van der Waals surface area contributed by atoms with E-state index in [0.717, 1.165) is 17.5 Å². The van der Waals surface area contributed by atoms with Crippen molar-refractivity contribution in [1.29, 1.82) is 0 Å². The van der Waals surface area contributed by atoms with Gasteiger partial charge in [0.15, 0.2) is 5.78 Å². The Balaban J connectivity index is 2.09. The molecule has 0 unspecified atom stereocenters. The Morgan fingerprint density at radius 1 is 1.20 bits per heavy atom. The molecule has 0 bridgehead atoms. The Hall–Kier alpha value is -1.51. The van der Waals surface area contributed by atoms with Gasteiger partial charge >= 0.3 is 0 Å². The smallest absolute Gasteiger partial charge is 0.196 e. The Labute approximate surface area is 127 Å². The number of aryl methyl sites for hydroxylation is 1. The highest BCUT2D eigenvalue weighted by Gasteiger charge is 2.23. The number of fused-ring (bicyclic) bond motifs is 1. The normalized spacial score (nSPS) is 12.9. The van der Waals surface area contributed by atoms with E-state index >= 15 is 0 Å². The first kappa shape index (κ1) is 13.5. The number of rotatable bonds is 2. The van der Waals surface area contributed by atoms with Crippen molar-refractivity contribution in [2.45, 2.75) is 13.3 Å². The van der Waals surface area contributed by atoms with Crippen molar-refractivity contribution < 1.29 is 9.53 Å². The van der Waals surface area contributed by atoms with E-state index in [4.69, 9.17) is 27.9 Å². The quantitative estimate of drug-likeness (QED) is 0.765. The minimum Gasteiger partial charge on any atom is -0.492 e. The minimum absolute atomic E-state index is 0.0922. The van der Waals surface area contributed by atoms with Gasteiger partial charge in [0.05, 0.1) is 12.2 Å². The maximum Gasteiger partial charge on any atom is 0.196 e. The van der Waals surface area contributed by atoms with Gasteiger partial charge in [-0.1, -0.05) is 23.2 Å².